The Balaban J connectivity index is 2.61. The summed E-state index contributed by atoms with van der Waals surface area (Å²) in [5.74, 6) is -0.0967. The van der Waals surface area contributed by atoms with Crippen LogP contribution in [0.5, 0.6) is 0 Å². The second-order valence-corrected chi connectivity index (χ2v) is 9.62. The van der Waals surface area contributed by atoms with Crippen LogP contribution in [-0.4, -0.2) is 37.9 Å². The topological polar surface area (TPSA) is 61.8 Å². The molecule has 0 aromatic heterocycles. The Bertz CT molecular complexity index is 495. The van der Waals surface area contributed by atoms with E-state index >= 15 is 0 Å². The molecule has 5 heteroatoms. The van der Waals surface area contributed by atoms with Gasteiger partial charge in [-0.15, -0.1) is 0 Å². The summed E-state index contributed by atoms with van der Waals surface area (Å²) in [5.41, 5.74) is -1.11. The number of ether oxygens (including phenoxy) is 3. The molecule has 1 aliphatic carbocycles. The van der Waals surface area contributed by atoms with Crippen molar-refractivity contribution in [1.29, 1.82) is 0 Å². The van der Waals surface area contributed by atoms with Crippen molar-refractivity contribution in [2.75, 3.05) is 13.7 Å². The van der Waals surface area contributed by atoms with Crippen LogP contribution in [0.2, 0.25) is 0 Å². The fourth-order valence-electron chi connectivity index (χ4n) is 4.10. The quantitative estimate of drug-likeness (QED) is 0.442. The van der Waals surface area contributed by atoms with Gasteiger partial charge in [0.2, 0.25) is 0 Å². The van der Waals surface area contributed by atoms with Crippen LogP contribution >= 0.6 is 0 Å². The Hall–Kier alpha value is -1.10. The zero-order valence-corrected chi connectivity index (χ0v) is 19.1. The highest BCUT2D eigenvalue weighted by atomic mass is 16.6. The molecule has 3 unspecified atom stereocenters. The van der Waals surface area contributed by atoms with E-state index < -0.39 is 10.8 Å². The average Bonchev–Trinajstić information content (AvgIpc) is 2.65. The van der Waals surface area contributed by atoms with Crippen LogP contribution in [0.15, 0.2) is 0 Å². The van der Waals surface area contributed by atoms with Crippen molar-refractivity contribution >= 4 is 11.9 Å². The van der Waals surface area contributed by atoms with E-state index in [2.05, 4.69) is 6.92 Å². The van der Waals surface area contributed by atoms with Gasteiger partial charge in [-0.1, -0.05) is 20.3 Å². The maximum Gasteiger partial charge on any atom is 0.312 e. The van der Waals surface area contributed by atoms with Gasteiger partial charge in [-0.05, 0) is 78.6 Å². The first-order valence-corrected chi connectivity index (χ1v) is 10.9. The normalized spacial score (nSPS) is 20.1. The van der Waals surface area contributed by atoms with Crippen LogP contribution < -0.4 is 0 Å². The second kappa shape index (κ2) is 11.2. The molecule has 0 amide bonds. The van der Waals surface area contributed by atoms with Crippen molar-refractivity contribution in [1.82, 2.24) is 0 Å². The van der Waals surface area contributed by atoms with E-state index in [-0.39, 0.29) is 36.7 Å². The molecular formula is C23H42O5. The minimum Gasteiger partial charge on any atom is -0.463 e. The maximum atomic E-state index is 12.9. The third-order valence-electron chi connectivity index (χ3n) is 6.16. The fraction of sp³-hybridized carbons (Fsp3) is 0.913. The molecule has 0 radical (unpaired) electrons. The summed E-state index contributed by atoms with van der Waals surface area (Å²) in [7, 11) is 1.60. The lowest BCUT2D eigenvalue weighted by Crippen LogP contribution is -2.36. The number of esters is 2. The van der Waals surface area contributed by atoms with E-state index in [4.69, 9.17) is 14.2 Å². The SMILES string of the molecule is CCC(C)(CC(C)CC(C)(C)C(=O)OCC(C)OC)C(=O)OC1CCCCC1. The van der Waals surface area contributed by atoms with Crippen molar-refractivity contribution in [3.63, 3.8) is 0 Å². The first kappa shape index (κ1) is 24.9. The van der Waals surface area contributed by atoms with E-state index in [9.17, 15) is 9.59 Å². The summed E-state index contributed by atoms with van der Waals surface area (Å²) in [5, 5.41) is 0. The van der Waals surface area contributed by atoms with Crippen molar-refractivity contribution in [2.24, 2.45) is 16.7 Å². The largest absolute Gasteiger partial charge is 0.463 e. The predicted molar refractivity (Wildman–Crippen MR) is 111 cm³/mol. The molecule has 0 spiro atoms. The van der Waals surface area contributed by atoms with Gasteiger partial charge in [-0.25, -0.2) is 0 Å². The van der Waals surface area contributed by atoms with Gasteiger partial charge in [0, 0.05) is 7.11 Å². The fourth-order valence-corrected chi connectivity index (χ4v) is 4.10. The third-order valence-corrected chi connectivity index (χ3v) is 6.16. The predicted octanol–water partition coefficient (Wildman–Crippen LogP) is 5.30. The molecular weight excluding hydrogens is 356 g/mol. The highest BCUT2D eigenvalue weighted by Gasteiger charge is 2.39. The molecule has 164 valence electrons. The first-order valence-electron chi connectivity index (χ1n) is 10.9. The summed E-state index contributed by atoms with van der Waals surface area (Å²) >= 11 is 0. The van der Waals surface area contributed by atoms with Gasteiger partial charge in [0.05, 0.1) is 16.9 Å². The van der Waals surface area contributed by atoms with E-state index in [1.165, 1.54) is 6.42 Å². The molecule has 0 saturated heterocycles. The average molecular weight is 399 g/mol. The molecule has 1 rings (SSSR count). The van der Waals surface area contributed by atoms with Crippen LogP contribution in [0.4, 0.5) is 0 Å². The molecule has 0 aromatic rings. The van der Waals surface area contributed by atoms with Gasteiger partial charge in [-0.2, -0.15) is 0 Å². The Morgan fingerprint density at radius 3 is 2.14 bits per heavy atom. The monoisotopic (exact) mass is 398 g/mol. The van der Waals surface area contributed by atoms with Gasteiger partial charge in [-0.3, -0.25) is 9.59 Å². The van der Waals surface area contributed by atoms with E-state index in [1.807, 2.05) is 34.6 Å². The van der Waals surface area contributed by atoms with E-state index in [1.54, 1.807) is 7.11 Å². The second-order valence-electron chi connectivity index (χ2n) is 9.62. The summed E-state index contributed by atoms with van der Waals surface area (Å²) in [6, 6.07) is 0. The molecule has 0 bridgehead atoms. The lowest BCUT2D eigenvalue weighted by atomic mass is 9.74. The van der Waals surface area contributed by atoms with Gasteiger partial charge in [0.15, 0.2) is 0 Å². The minimum absolute atomic E-state index is 0.0802. The summed E-state index contributed by atoms with van der Waals surface area (Å²) in [6.45, 7) is 12.1. The van der Waals surface area contributed by atoms with Crippen molar-refractivity contribution in [3.05, 3.63) is 0 Å². The molecule has 0 aliphatic heterocycles. The van der Waals surface area contributed by atoms with Gasteiger partial charge < -0.3 is 14.2 Å². The number of carbonyl (C=O) groups excluding carboxylic acids is 2. The van der Waals surface area contributed by atoms with Gasteiger partial charge in [0.1, 0.15) is 12.7 Å². The number of rotatable bonds is 11. The molecule has 0 aromatic carbocycles. The Labute approximate surface area is 171 Å². The number of hydrogen-bond donors (Lipinski definition) is 0. The number of hydrogen-bond acceptors (Lipinski definition) is 5. The van der Waals surface area contributed by atoms with Crippen LogP contribution in [0.3, 0.4) is 0 Å². The highest BCUT2D eigenvalue weighted by Crippen LogP contribution is 2.38. The van der Waals surface area contributed by atoms with Crippen LogP contribution in [0, 0.1) is 16.7 Å². The van der Waals surface area contributed by atoms with Gasteiger partial charge >= 0.3 is 11.9 Å². The standard InChI is InChI=1S/C23H42O5/c1-8-23(6,21(25)28-19-12-10-9-11-13-19)15-17(2)14-22(4,5)20(24)27-16-18(3)26-7/h17-19H,8-16H2,1-7H3. The zero-order chi connectivity index (χ0) is 21.4. The number of carbonyl (C=O) groups is 2. The molecule has 0 N–H and O–H groups in total. The third kappa shape index (κ3) is 7.73. The van der Waals surface area contributed by atoms with Crippen LogP contribution in [-0.2, 0) is 23.8 Å². The van der Waals surface area contributed by atoms with E-state index in [0.717, 1.165) is 32.1 Å². The van der Waals surface area contributed by atoms with Crippen LogP contribution in [0.1, 0.15) is 92.9 Å². The molecule has 1 saturated carbocycles. The Morgan fingerprint density at radius 1 is 1.00 bits per heavy atom. The summed E-state index contributed by atoms with van der Waals surface area (Å²) in [6.07, 6.45) is 7.58. The highest BCUT2D eigenvalue weighted by molar-refractivity contribution is 5.77. The molecule has 28 heavy (non-hydrogen) atoms. The Morgan fingerprint density at radius 2 is 1.61 bits per heavy atom. The van der Waals surface area contributed by atoms with Crippen LogP contribution in [0.25, 0.3) is 0 Å². The smallest absolute Gasteiger partial charge is 0.312 e. The molecule has 0 heterocycles. The lowest BCUT2D eigenvalue weighted by molar-refractivity contribution is -0.164. The van der Waals surface area contributed by atoms with Crippen molar-refractivity contribution < 1.29 is 23.8 Å². The number of methoxy groups -OCH3 is 1. The molecule has 1 fully saturated rings. The lowest BCUT2D eigenvalue weighted by Gasteiger charge is -2.34. The molecule has 1 aliphatic rings. The minimum atomic E-state index is -0.602. The summed E-state index contributed by atoms with van der Waals surface area (Å²) < 4.78 is 16.4. The Kier molecular flexibility index (Phi) is 9.96. The zero-order valence-electron chi connectivity index (χ0n) is 19.1. The molecule has 3 atom stereocenters. The summed E-state index contributed by atoms with van der Waals surface area (Å²) in [4.78, 5) is 25.4. The molecule has 5 nitrogen and oxygen atoms in total. The van der Waals surface area contributed by atoms with Crippen molar-refractivity contribution in [3.8, 4) is 0 Å². The van der Waals surface area contributed by atoms with Gasteiger partial charge in [0.25, 0.3) is 0 Å². The first-order chi connectivity index (χ1) is 13.0. The maximum absolute atomic E-state index is 12.9. The van der Waals surface area contributed by atoms with Crippen molar-refractivity contribution in [2.45, 2.75) is 105 Å². The van der Waals surface area contributed by atoms with E-state index in [0.29, 0.717) is 12.8 Å².